The number of carbonyl (C=O) groups excluding carboxylic acids is 1. The molecule has 2 N–H and O–H groups in total. The quantitative estimate of drug-likeness (QED) is 0.376. The molecule has 0 saturated heterocycles. The molecule has 0 saturated carbocycles. The molecular formula is C17H13FN4O3. The Morgan fingerprint density at radius 2 is 1.96 bits per heavy atom. The van der Waals surface area contributed by atoms with E-state index in [4.69, 9.17) is 0 Å². The van der Waals surface area contributed by atoms with Gasteiger partial charge in [-0.2, -0.15) is 5.26 Å². The van der Waals surface area contributed by atoms with Crippen LogP contribution in [0.25, 0.3) is 6.08 Å². The topological polar surface area (TPSA) is 108 Å². The molecule has 25 heavy (non-hydrogen) atoms. The summed E-state index contributed by atoms with van der Waals surface area (Å²) in [6.07, 6.45) is 1.24. The maximum Gasteiger partial charge on any atom is 0.292 e. The summed E-state index contributed by atoms with van der Waals surface area (Å²) < 4.78 is 12.9. The van der Waals surface area contributed by atoms with Gasteiger partial charge in [-0.3, -0.25) is 14.9 Å². The number of hydrogen-bond acceptors (Lipinski definition) is 5. The summed E-state index contributed by atoms with van der Waals surface area (Å²) in [5.74, 6) is -1.15. The van der Waals surface area contributed by atoms with Gasteiger partial charge in [0.15, 0.2) is 0 Å². The molecule has 0 fully saturated rings. The standard InChI is InChI=1S/C17H13FN4O3/c1-20-15-7-2-11(9-16(15)22(24)25)8-12(10-19)17(23)21-14-5-3-13(18)4-6-14/h2-9,20H,1H3,(H,21,23)/b12-8+. The Morgan fingerprint density at radius 3 is 2.52 bits per heavy atom. The summed E-state index contributed by atoms with van der Waals surface area (Å²) in [4.78, 5) is 22.6. The number of nitrogens with one attached hydrogen (secondary N) is 2. The molecule has 0 atom stereocenters. The summed E-state index contributed by atoms with van der Waals surface area (Å²) in [5.41, 5.74) is 0.556. The maximum absolute atomic E-state index is 12.9. The highest BCUT2D eigenvalue weighted by molar-refractivity contribution is 6.09. The monoisotopic (exact) mass is 340 g/mol. The van der Waals surface area contributed by atoms with Crippen molar-refractivity contribution in [3.05, 3.63) is 69.5 Å². The first-order chi connectivity index (χ1) is 11.9. The zero-order valence-corrected chi connectivity index (χ0v) is 13.1. The minimum Gasteiger partial charge on any atom is -0.383 e. The molecule has 0 radical (unpaired) electrons. The van der Waals surface area contributed by atoms with Gasteiger partial charge >= 0.3 is 0 Å². The molecular weight excluding hydrogens is 327 g/mol. The number of nitro groups is 1. The number of nitrogens with zero attached hydrogens (tertiary/aromatic N) is 2. The van der Waals surface area contributed by atoms with Gasteiger partial charge < -0.3 is 10.6 Å². The number of carbonyl (C=O) groups is 1. The van der Waals surface area contributed by atoms with Gasteiger partial charge in [0.1, 0.15) is 23.1 Å². The van der Waals surface area contributed by atoms with E-state index in [1.165, 1.54) is 42.5 Å². The highest BCUT2D eigenvalue weighted by Crippen LogP contribution is 2.26. The number of benzene rings is 2. The van der Waals surface area contributed by atoms with E-state index >= 15 is 0 Å². The van der Waals surface area contributed by atoms with Crippen LogP contribution >= 0.6 is 0 Å². The average molecular weight is 340 g/mol. The van der Waals surface area contributed by atoms with Crippen LogP contribution in [0.2, 0.25) is 0 Å². The zero-order valence-electron chi connectivity index (χ0n) is 13.1. The Balaban J connectivity index is 2.29. The van der Waals surface area contributed by atoms with E-state index in [0.717, 1.165) is 0 Å². The molecule has 2 rings (SSSR count). The molecule has 0 aliphatic rings. The summed E-state index contributed by atoms with van der Waals surface area (Å²) in [6.45, 7) is 0. The normalized spacial score (nSPS) is 10.7. The Hall–Kier alpha value is -3.73. The van der Waals surface area contributed by atoms with Crippen LogP contribution in [0.15, 0.2) is 48.0 Å². The van der Waals surface area contributed by atoms with Crippen LogP contribution in [0.3, 0.4) is 0 Å². The molecule has 0 aliphatic heterocycles. The second-order valence-corrected chi connectivity index (χ2v) is 4.91. The summed E-state index contributed by atoms with van der Waals surface area (Å²) >= 11 is 0. The van der Waals surface area contributed by atoms with Crippen molar-refractivity contribution in [1.82, 2.24) is 0 Å². The SMILES string of the molecule is CNc1ccc(/C=C(\C#N)C(=O)Nc2ccc(F)cc2)cc1[N+](=O)[O-]. The first-order valence-corrected chi connectivity index (χ1v) is 7.09. The number of hydrogen-bond donors (Lipinski definition) is 2. The van der Waals surface area contributed by atoms with Gasteiger partial charge in [-0.1, -0.05) is 6.07 Å². The highest BCUT2D eigenvalue weighted by Gasteiger charge is 2.15. The van der Waals surface area contributed by atoms with E-state index in [-0.39, 0.29) is 11.3 Å². The highest BCUT2D eigenvalue weighted by atomic mass is 19.1. The number of anilines is 2. The van der Waals surface area contributed by atoms with Crippen LogP contribution in [-0.4, -0.2) is 17.9 Å². The van der Waals surface area contributed by atoms with Gasteiger partial charge in [0.2, 0.25) is 0 Å². The Bertz CT molecular complexity index is 886. The molecule has 8 heteroatoms. The van der Waals surface area contributed by atoms with E-state index in [1.807, 2.05) is 0 Å². The largest absolute Gasteiger partial charge is 0.383 e. The lowest BCUT2D eigenvalue weighted by Gasteiger charge is -2.05. The molecule has 2 aromatic rings. The van der Waals surface area contributed by atoms with Crippen molar-refractivity contribution in [2.24, 2.45) is 0 Å². The predicted molar refractivity (Wildman–Crippen MR) is 91.3 cm³/mol. The predicted octanol–water partition coefficient (Wildman–Crippen LogP) is 3.32. The third-order valence-corrected chi connectivity index (χ3v) is 3.27. The van der Waals surface area contributed by atoms with E-state index < -0.39 is 16.6 Å². The average Bonchev–Trinajstić information content (AvgIpc) is 2.61. The molecule has 1 amide bonds. The Kier molecular flexibility index (Phi) is 5.43. The fourth-order valence-corrected chi connectivity index (χ4v) is 2.05. The van der Waals surface area contributed by atoms with Gasteiger partial charge in [-0.15, -0.1) is 0 Å². The molecule has 0 aliphatic carbocycles. The van der Waals surface area contributed by atoms with Crippen molar-refractivity contribution in [2.45, 2.75) is 0 Å². The fraction of sp³-hybridized carbons (Fsp3) is 0.0588. The molecule has 0 unspecified atom stereocenters. The van der Waals surface area contributed by atoms with Crippen molar-refractivity contribution in [3.8, 4) is 6.07 Å². The number of amides is 1. The molecule has 0 bridgehead atoms. The Labute approximate surface area is 142 Å². The molecule has 0 heterocycles. The van der Waals surface area contributed by atoms with Crippen LogP contribution in [0.4, 0.5) is 21.5 Å². The molecule has 126 valence electrons. The fourth-order valence-electron chi connectivity index (χ4n) is 2.05. The van der Waals surface area contributed by atoms with E-state index in [2.05, 4.69) is 10.6 Å². The van der Waals surface area contributed by atoms with Crippen LogP contribution in [-0.2, 0) is 4.79 Å². The lowest BCUT2D eigenvalue weighted by atomic mass is 10.1. The number of rotatable bonds is 5. The van der Waals surface area contributed by atoms with Crippen molar-refractivity contribution < 1.29 is 14.1 Å². The Morgan fingerprint density at radius 1 is 1.28 bits per heavy atom. The van der Waals surface area contributed by atoms with Crippen LogP contribution in [0.5, 0.6) is 0 Å². The van der Waals surface area contributed by atoms with Crippen molar-refractivity contribution in [1.29, 1.82) is 5.26 Å². The van der Waals surface area contributed by atoms with Gasteiger partial charge in [-0.25, -0.2) is 4.39 Å². The van der Waals surface area contributed by atoms with E-state index in [0.29, 0.717) is 16.9 Å². The van der Waals surface area contributed by atoms with Crippen LogP contribution in [0.1, 0.15) is 5.56 Å². The van der Waals surface area contributed by atoms with Crippen LogP contribution < -0.4 is 10.6 Å². The van der Waals surface area contributed by atoms with E-state index in [9.17, 15) is 24.6 Å². The first kappa shape index (κ1) is 17.6. The third kappa shape index (κ3) is 4.39. The van der Waals surface area contributed by atoms with E-state index in [1.54, 1.807) is 19.2 Å². The molecule has 2 aromatic carbocycles. The lowest BCUT2D eigenvalue weighted by molar-refractivity contribution is -0.384. The summed E-state index contributed by atoms with van der Waals surface area (Å²) in [6, 6.07) is 11.1. The van der Waals surface area contributed by atoms with Gasteiger partial charge in [-0.05, 0) is 42.0 Å². The van der Waals surface area contributed by atoms with Crippen molar-refractivity contribution >= 4 is 29.0 Å². The zero-order chi connectivity index (χ0) is 18.4. The van der Waals surface area contributed by atoms with Gasteiger partial charge in [0, 0.05) is 18.8 Å². The minimum absolute atomic E-state index is 0.174. The summed E-state index contributed by atoms with van der Waals surface area (Å²) in [5, 5.41) is 25.4. The second kappa shape index (κ2) is 7.70. The summed E-state index contributed by atoms with van der Waals surface area (Å²) in [7, 11) is 1.55. The van der Waals surface area contributed by atoms with Crippen LogP contribution in [0, 0.1) is 27.3 Å². The molecule has 0 spiro atoms. The first-order valence-electron chi connectivity index (χ1n) is 7.09. The van der Waals surface area contributed by atoms with Gasteiger partial charge in [0.25, 0.3) is 11.6 Å². The lowest BCUT2D eigenvalue weighted by Crippen LogP contribution is -2.13. The molecule has 7 nitrogen and oxygen atoms in total. The second-order valence-electron chi connectivity index (χ2n) is 4.91. The third-order valence-electron chi connectivity index (χ3n) is 3.27. The smallest absolute Gasteiger partial charge is 0.292 e. The maximum atomic E-state index is 12.9. The van der Waals surface area contributed by atoms with Crippen molar-refractivity contribution in [2.75, 3.05) is 17.7 Å². The number of halogens is 1. The number of nitro benzene ring substituents is 1. The van der Waals surface area contributed by atoms with Crippen molar-refractivity contribution in [3.63, 3.8) is 0 Å². The minimum atomic E-state index is -0.700. The number of nitriles is 1. The molecule has 0 aromatic heterocycles. The van der Waals surface area contributed by atoms with Gasteiger partial charge in [0.05, 0.1) is 4.92 Å².